The van der Waals surface area contributed by atoms with Crippen LogP contribution < -0.4 is 5.32 Å². The SMILES string of the molecule is O=C(Nc1ccc(Cl)cc1)N1CCN(C[C@@H]2CCCN(C3CC3)C2)CC1. The molecule has 0 aromatic heterocycles. The van der Waals surface area contributed by atoms with Crippen molar-refractivity contribution in [1.29, 1.82) is 0 Å². The van der Waals surface area contributed by atoms with Gasteiger partial charge in [0.05, 0.1) is 0 Å². The number of halogens is 1. The molecule has 1 N–H and O–H groups in total. The van der Waals surface area contributed by atoms with Gasteiger partial charge in [0.2, 0.25) is 0 Å². The molecule has 2 saturated heterocycles. The molecule has 6 heteroatoms. The van der Waals surface area contributed by atoms with Crippen LogP contribution >= 0.6 is 11.6 Å². The second-order valence-electron chi connectivity index (χ2n) is 7.96. The number of amides is 2. The van der Waals surface area contributed by atoms with E-state index in [9.17, 15) is 4.79 Å². The van der Waals surface area contributed by atoms with Crippen LogP contribution in [0.4, 0.5) is 10.5 Å². The van der Waals surface area contributed by atoms with Gasteiger partial charge in [-0.25, -0.2) is 4.79 Å². The van der Waals surface area contributed by atoms with Gasteiger partial charge in [-0.05, 0) is 62.4 Å². The summed E-state index contributed by atoms with van der Waals surface area (Å²) in [5, 5.41) is 3.64. The zero-order valence-corrected chi connectivity index (χ0v) is 16.1. The van der Waals surface area contributed by atoms with Crippen molar-refractivity contribution in [2.45, 2.75) is 31.7 Å². The molecule has 2 aliphatic heterocycles. The molecule has 142 valence electrons. The first-order valence-corrected chi connectivity index (χ1v) is 10.3. The van der Waals surface area contributed by atoms with Gasteiger partial charge in [0, 0.05) is 56.0 Å². The second kappa shape index (κ2) is 8.15. The van der Waals surface area contributed by atoms with E-state index in [1.54, 1.807) is 12.1 Å². The van der Waals surface area contributed by atoms with Crippen molar-refractivity contribution in [2.75, 3.05) is 51.1 Å². The van der Waals surface area contributed by atoms with Crippen molar-refractivity contribution in [3.8, 4) is 0 Å². The maximum Gasteiger partial charge on any atom is 0.321 e. The van der Waals surface area contributed by atoms with E-state index in [0.29, 0.717) is 5.02 Å². The van der Waals surface area contributed by atoms with Gasteiger partial charge in [0.25, 0.3) is 0 Å². The molecule has 0 spiro atoms. The number of rotatable bonds is 4. The van der Waals surface area contributed by atoms with Crippen LogP contribution in [0.25, 0.3) is 0 Å². The molecule has 1 aliphatic carbocycles. The molecule has 3 fully saturated rings. The number of anilines is 1. The summed E-state index contributed by atoms with van der Waals surface area (Å²) < 4.78 is 0. The fraction of sp³-hybridized carbons (Fsp3) is 0.650. The number of hydrogen-bond acceptors (Lipinski definition) is 3. The third-order valence-corrected chi connectivity index (χ3v) is 6.14. The van der Waals surface area contributed by atoms with Gasteiger partial charge in [0.1, 0.15) is 0 Å². The summed E-state index contributed by atoms with van der Waals surface area (Å²) >= 11 is 5.89. The molecule has 5 nitrogen and oxygen atoms in total. The first-order valence-electron chi connectivity index (χ1n) is 9.95. The van der Waals surface area contributed by atoms with Crippen molar-refractivity contribution in [2.24, 2.45) is 5.92 Å². The Hall–Kier alpha value is -1.30. The average Bonchev–Trinajstić information content (AvgIpc) is 3.50. The minimum Gasteiger partial charge on any atom is -0.322 e. The van der Waals surface area contributed by atoms with Crippen LogP contribution in [-0.4, -0.2) is 72.6 Å². The highest BCUT2D eigenvalue weighted by molar-refractivity contribution is 6.30. The first kappa shape index (κ1) is 18.1. The second-order valence-corrected chi connectivity index (χ2v) is 8.40. The van der Waals surface area contributed by atoms with Crippen LogP contribution in [0.15, 0.2) is 24.3 Å². The molecular formula is C20H29ClN4O. The van der Waals surface area contributed by atoms with Gasteiger partial charge in [-0.15, -0.1) is 0 Å². The fourth-order valence-electron chi connectivity index (χ4n) is 4.25. The van der Waals surface area contributed by atoms with E-state index in [-0.39, 0.29) is 6.03 Å². The van der Waals surface area contributed by atoms with Crippen LogP contribution in [0.2, 0.25) is 5.02 Å². The van der Waals surface area contributed by atoms with Gasteiger partial charge in [-0.2, -0.15) is 0 Å². The predicted octanol–water partition coefficient (Wildman–Crippen LogP) is 3.36. The summed E-state index contributed by atoms with van der Waals surface area (Å²) in [5.74, 6) is 0.804. The smallest absolute Gasteiger partial charge is 0.321 e. The van der Waals surface area contributed by atoms with E-state index in [2.05, 4.69) is 15.1 Å². The number of hydrogen-bond donors (Lipinski definition) is 1. The molecule has 4 rings (SSSR count). The third-order valence-electron chi connectivity index (χ3n) is 5.89. The monoisotopic (exact) mass is 376 g/mol. The van der Waals surface area contributed by atoms with Gasteiger partial charge in [-0.1, -0.05) is 11.6 Å². The lowest BCUT2D eigenvalue weighted by Crippen LogP contribution is -2.52. The highest BCUT2D eigenvalue weighted by Gasteiger charge is 2.33. The van der Waals surface area contributed by atoms with E-state index >= 15 is 0 Å². The minimum atomic E-state index is -0.00968. The maximum atomic E-state index is 12.4. The summed E-state index contributed by atoms with van der Waals surface area (Å²) in [4.78, 5) is 19.6. The molecule has 3 aliphatic rings. The number of piperazine rings is 1. The van der Waals surface area contributed by atoms with Crippen LogP contribution in [0.3, 0.4) is 0 Å². The summed E-state index contributed by atoms with van der Waals surface area (Å²) in [6, 6.07) is 8.15. The molecule has 26 heavy (non-hydrogen) atoms. The zero-order valence-electron chi connectivity index (χ0n) is 15.4. The summed E-state index contributed by atoms with van der Waals surface area (Å²) in [6.07, 6.45) is 5.54. The minimum absolute atomic E-state index is 0.00968. The fourth-order valence-corrected chi connectivity index (χ4v) is 4.38. The lowest BCUT2D eigenvalue weighted by atomic mass is 9.97. The predicted molar refractivity (Wildman–Crippen MR) is 106 cm³/mol. The molecular weight excluding hydrogens is 348 g/mol. The molecule has 2 amide bonds. The number of carbonyl (C=O) groups is 1. The Labute approximate surface area is 161 Å². The topological polar surface area (TPSA) is 38.8 Å². The van der Waals surface area contributed by atoms with E-state index in [0.717, 1.165) is 43.8 Å². The third kappa shape index (κ3) is 4.70. The molecule has 0 bridgehead atoms. The van der Waals surface area contributed by atoms with Gasteiger partial charge in [0.15, 0.2) is 0 Å². The summed E-state index contributed by atoms with van der Waals surface area (Å²) in [5.41, 5.74) is 0.796. The van der Waals surface area contributed by atoms with Crippen molar-refractivity contribution in [1.82, 2.24) is 14.7 Å². The Kier molecular flexibility index (Phi) is 5.67. The molecule has 1 atom stereocenters. The number of urea groups is 1. The molecule has 1 aromatic carbocycles. The summed E-state index contributed by atoms with van der Waals surface area (Å²) in [6.45, 7) is 7.34. The van der Waals surface area contributed by atoms with E-state index in [1.807, 2.05) is 17.0 Å². The van der Waals surface area contributed by atoms with Crippen LogP contribution in [0, 0.1) is 5.92 Å². The first-order chi connectivity index (χ1) is 12.7. The number of nitrogens with one attached hydrogen (secondary N) is 1. The summed E-state index contributed by atoms with van der Waals surface area (Å²) in [7, 11) is 0. The van der Waals surface area contributed by atoms with Crippen LogP contribution in [-0.2, 0) is 0 Å². The molecule has 0 radical (unpaired) electrons. The molecule has 1 aromatic rings. The number of benzene rings is 1. The lowest BCUT2D eigenvalue weighted by Gasteiger charge is -2.39. The highest BCUT2D eigenvalue weighted by Crippen LogP contribution is 2.31. The number of likely N-dealkylation sites (tertiary alicyclic amines) is 1. The average molecular weight is 377 g/mol. The van der Waals surface area contributed by atoms with Crippen LogP contribution in [0.1, 0.15) is 25.7 Å². The Morgan fingerprint density at radius 3 is 2.46 bits per heavy atom. The Morgan fingerprint density at radius 2 is 1.77 bits per heavy atom. The van der Waals surface area contributed by atoms with Crippen molar-refractivity contribution in [3.05, 3.63) is 29.3 Å². The maximum absolute atomic E-state index is 12.4. The standard InChI is InChI=1S/C20H29ClN4O/c21-17-3-5-18(6-4-17)22-20(26)24-12-10-23(11-13-24)14-16-2-1-9-25(15-16)19-7-8-19/h3-6,16,19H,1-2,7-15H2,(H,22,26)/t16-/m0/s1. The molecule has 2 heterocycles. The number of nitrogens with zero attached hydrogens (tertiary/aromatic N) is 3. The highest BCUT2D eigenvalue weighted by atomic mass is 35.5. The molecule has 0 unspecified atom stereocenters. The van der Waals surface area contributed by atoms with Crippen molar-refractivity contribution in [3.63, 3.8) is 0 Å². The van der Waals surface area contributed by atoms with Crippen LogP contribution in [0.5, 0.6) is 0 Å². The Bertz CT molecular complexity index is 611. The zero-order chi connectivity index (χ0) is 17.9. The molecule has 1 saturated carbocycles. The number of carbonyl (C=O) groups excluding carboxylic acids is 1. The lowest BCUT2D eigenvalue weighted by molar-refractivity contribution is 0.0982. The van der Waals surface area contributed by atoms with Gasteiger partial charge in [-0.3, -0.25) is 4.90 Å². The number of piperidine rings is 1. The Morgan fingerprint density at radius 1 is 1.04 bits per heavy atom. The van der Waals surface area contributed by atoms with Crippen molar-refractivity contribution < 1.29 is 4.79 Å². The van der Waals surface area contributed by atoms with E-state index < -0.39 is 0 Å². The Balaban J connectivity index is 1.21. The van der Waals surface area contributed by atoms with E-state index in [1.165, 1.54) is 45.3 Å². The van der Waals surface area contributed by atoms with Crippen molar-refractivity contribution >= 4 is 23.3 Å². The van der Waals surface area contributed by atoms with Gasteiger partial charge < -0.3 is 15.1 Å². The van der Waals surface area contributed by atoms with Gasteiger partial charge >= 0.3 is 6.03 Å². The normalized spacial score (nSPS) is 25.3. The van der Waals surface area contributed by atoms with E-state index in [4.69, 9.17) is 11.6 Å². The quantitative estimate of drug-likeness (QED) is 0.875. The largest absolute Gasteiger partial charge is 0.322 e.